The Bertz CT molecular complexity index is 307. The van der Waals surface area contributed by atoms with E-state index >= 15 is 0 Å². The molecule has 1 aliphatic rings. The maximum Gasteiger partial charge on any atom is 0.202 e. The molecule has 1 fully saturated rings. The van der Waals surface area contributed by atoms with Crippen LogP contribution in [0, 0.1) is 0 Å². The highest BCUT2D eigenvalue weighted by Crippen LogP contribution is 2.13. The summed E-state index contributed by atoms with van der Waals surface area (Å²) in [4.78, 5) is 4.45. The summed E-state index contributed by atoms with van der Waals surface area (Å²) in [6.45, 7) is 4.28. The molecule has 2 heterocycles. The number of anilines is 1. The highest BCUT2D eigenvalue weighted by atomic mass is 32.1. The first-order chi connectivity index (χ1) is 7.88. The molecule has 0 bridgehead atoms. The highest BCUT2D eigenvalue weighted by Gasteiger charge is 2.12. The van der Waals surface area contributed by atoms with Crippen molar-refractivity contribution in [1.29, 1.82) is 0 Å². The van der Waals surface area contributed by atoms with Crippen LogP contribution in [0.1, 0.15) is 38.4 Å². The van der Waals surface area contributed by atoms with E-state index in [9.17, 15) is 0 Å². The summed E-state index contributed by atoms with van der Waals surface area (Å²) in [5.74, 6) is 0.978. The number of piperidine rings is 1. The van der Waals surface area contributed by atoms with Gasteiger partial charge in [-0.2, -0.15) is 4.37 Å². The van der Waals surface area contributed by atoms with Crippen molar-refractivity contribution in [3.05, 3.63) is 5.82 Å². The fourth-order valence-corrected chi connectivity index (χ4v) is 2.58. The molecule has 2 N–H and O–H groups in total. The fraction of sp³-hybridized carbons (Fsp3) is 0.818. The average molecular weight is 240 g/mol. The molecule has 1 atom stereocenters. The van der Waals surface area contributed by atoms with Crippen molar-refractivity contribution < 1.29 is 0 Å². The number of aromatic nitrogens is 2. The van der Waals surface area contributed by atoms with Gasteiger partial charge in [-0.25, -0.2) is 4.98 Å². The van der Waals surface area contributed by atoms with Crippen molar-refractivity contribution in [1.82, 2.24) is 14.7 Å². The smallest absolute Gasteiger partial charge is 0.202 e. The second-order valence-electron chi connectivity index (χ2n) is 4.29. The van der Waals surface area contributed by atoms with Crippen molar-refractivity contribution in [2.24, 2.45) is 0 Å². The molecule has 0 spiro atoms. The van der Waals surface area contributed by atoms with Crippen molar-refractivity contribution >= 4 is 16.7 Å². The summed E-state index contributed by atoms with van der Waals surface area (Å²) in [6, 6.07) is 0.604. The zero-order chi connectivity index (χ0) is 11.2. The first-order valence-corrected chi connectivity index (χ1v) is 6.95. The number of nitrogens with zero attached hydrogens (tertiary/aromatic N) is 2. The molecule has 4 nitrogen and oxygen atoms in total. The van der Waals surface area contributed by atoms with E-state index in [2.05, 4.69) is 26.9 Å². The third-order valence-corrected chi connectivity index (χ3v) is 3.56. The van der Waals surface area contributed by atoms with Gasteiger partial charge in [0.1, 0.15) is 5.82 Å². The van der Waals surface area contributed by atoms with E-state index < -0.39 is 0 Å². The maximum absolute atomic E-state index is 4.45. The number of nitrogens with one attached hydrogen (secondary N) is 2. The van der Waals surface area contributed by atoms with Gasteiger partial charge in [0.05, 0.1) is 0 Å². The maximum atomic E-state index is 4.45. The molecule has 1 aliphatic heterocycles. The SMILES string of the molecule is CCCc1nsc(NCC2CCCCN2)n1. The number of rotatable bonds is 5. The van der Waals surface area contributed by atoms with Gasteiger partial charge in [0, 0.05) is 30.5 Å². The molecular formula is C11H20N4S. The molecule has 1 unspecified atom stereocenters. The third-order valence-electron chi connectivity index (χ3n) is 2.85. The Morgan fingerprint density at radius 3 is 3.19 bits per heavy atom. The fourth-order valence-electron chi connectivity index (χ4n) is 1.96. The second-order valence-corrected chi connectivity index (χ2v) is 5.05. The largest absolute Gasteiger partial charge is 0.359 e. The van der Waals surface area contributed by atoms with Gasteiger partial charge in [-0.3, -0.25) is 0 Å². The van der Waals surface area contributed by atoms with E-state index in [1.54, 1.807) is 0 Å². The normalized spacial score (nSPS) is 20.9. The lowest BCUT2D eigenvalue weighted by atomic mass is 10.1. The number of hydrogen-bond acceptors (Lipinski definition) is 5. The van der Waals surface area contributed by atoms with E-state index in [0.29, 0.717) is 6.04 Å². The lowest BCUT2D eigenvalue weighted by molar-refractivity contribution is 0.414. The molecule has 0 aromatic carbocycles. The average Bonchev–Trinajstić information content (AvgIpc) is 2.76. The van der Waals surface area contributed by atoms with E-state index in [0.717, 1.165) is 36.9 Å². The van der Waals surface area contributed by atoms with E-state index in [-0.39, 0.29) is 0 Å². The van der Waals surface area contributed by atoms with Crippen LogP contribution in [0.4, 0.5) is 5.13 Å². The minimum atomic E-state index is 0.604. The van der Waals surface area contributed by atoms with Gasteiger partial charge in [0.15, 0.2) is 0 Å². The molecule has 0 radical (unpaired) electrons. The van der Waals surface area contributed by atoms with Crippen LogP contribution < -0.4 is 10.6 Å². The Labute approximate surface area is 101 Å². The van der Waals surface area contributed by atoms with E-state index in [4.69, 9.17) is 0 Å². The molecule has 1 aromatic heterocycles. The van der Waals surface area contributed by atoms with E-state index in [1.807, 2.05) is 0 Å². The molecule has 1 saturated heterocycles. The van der Waals surface area contributed by atoms with Crippen LogP contribution in [0.5, 0.6) is 0 Å². The second kappa shape index (κ2) is 6.15. The van der Waals surface area contributed by atoms with Gasteiger partial charge in [0.25, 0.3) is 0 Å². The predicted octanol–water partition coefficient (Wildman–Crippen LogP) is 2.04. The first-order valence-electron chi connectivity index (χ1n) is 6.18. The molecule has 5 heteroatoms. The van der Waals surface area contributed by atoms with Gasteiger partial charge >= 0.3 is 0 Å². The van der Waals surface area contributed by atoms with Crippen LogP contribution >= 0.6 is 11.5 Å². The summed E-state index contributed by atoms with van der Waals surface area (Å²) < 4.78 is 4.32. The quantitative estimate of drug-likeness (QED) is 0.827. The van der Waals surface area contributed by atoms with Gasteiger partial charge in [-0.1, -0.05) is 13.3 Å². The molecule has 90 valence electrons. The van der Waals surface area contributed by atoms with Crippen molar-refractivity contribution in [2.75, 3.05) is 18.4 Å². The van der Waals surface area contributed by atoms with Crippen LogP contribution in [0.3, 0.4) is 0 Å². The van der Waals surface area contributed by atoms with Crippen LogP contribution in [-0.4, -0.2) is 28.5 Å². The Morgan fingerprint density at radius 1 is 1.50 bits per heavy atom. The van der Waals surface area contributed by atoms with Crippen molar-refractivity contribution in [3.8, 4) is 0 Å². The van der Waals surface area contributed by atoms with Gasteiger partial charge in [0.2, 0.25) is 5.13 Å². The minimum absolute atomic E-state index is 0.604. The van der Waals surface area contributed by atoms with Crippen LogP contribution in [0.25, 0.3) is 0 Å². The Hall–Kier alpha value is -0.680. The molecule has 16 heavy (non-hydrogen) atoms. The van der Waals surface area contributed by atoms with Gasteiger partial charge in [-0.05, 0) is 25.8 Å². The zero-order valence-electron chi connectivity index (χ0n) is 9.83. The topological polar surface area (TPSA) is 49.8 Å². The summed E-state index contributed by atoms with van der Waals surface area (Å²) in [6.07, 6.45) is 6.03. The van der Waals surface area contributed by atoms with Crippen molar-refractivity contribution in [2.45, 2.75) is 45.1 Å². The lowest BCUT2D eigenvalue weighted by Gasteiger charge is -2.23. The Morgan fingerprint density at radius 2 is 2.44 bits per heavy atom. The van der Waals surface area contributed by atoms with Gasteiger partial charge < -0.3 is 10.6 Å². The molecule has 1 aromatic rings. The molecular weight excluding hydrogens is 220 g/mol. The third kappa shape index (κ3) is 3.42. The molecule has 0 aliphatic carbocycles. The Kier molecular flexibility index (Phi) is 4.54. The number of aryl methyl sites for hydroxylation is 1. The van der Waals surface area contributed by atoms with Crippen LogP contribution in [0.2, 0.25) is 0 Å². The standard InChI is InChI=1S/C11H20N4S/c1-2-5-10-14-11(16-15-10)13-8-9-6-3-4-7-12-9/h9,12H,2-8H2,1H3,(H,13,14,15). The molecule has 2 rings (SSSR count). The summed E-state index contributed by atoms with van der Waals surface area (Å²) in [7, 11) is 0. The van der Waals surface area contributed by atoms with Crippen LogP contribution in [0.15, 0.2) is 0 Å². The van der Waals surface area contributed by atoms with Gasteiger partial charge in [-0.15, -0.1) is 0 Å². The van der Waals surface area contributed by atoms with E-state index in [1.165, 1.54) is 30.8 Å². The molecule has 0 saturated carbocycles. The highest BCUT2D eigenvalue weighted by molar-refractivity contribution is 7.09. The minimum Gasteiger partial charge on any atom is -0.359 e. The lowest BCUT2D eigenvalue weighted by Crippen LogP contribution is -2.39. The summed E-state index contributed by atoms with van der Waals surface area (Å²) in [5.41, 5.74) is 0. The summed E-state index contributed by atoms with van der Waals surface area (Å²) >= 11 is 1.48. The zero-order valence-corrected chi connectivity index (χ0v) is 10.6. The first kappa shape index (κ1) is 11.8. The summed E-state index contributed by atoms with van der Waals surface area (Å²) in [5, 5.41) is 7.86. The van der Waals surface area contributed by atoms with Crippen LogP contribution in [-0.2, 0) is 6.42 Å². The van der Waals surface area contributed by atoms with Crippen molar-refractivity contribution in [3.63, 3.8) is 0 Å². The number of hydrogen-bond donors (Lipinski definition) is 2. The monoisotopic (exact) mass is 240 g/mol. The predicted molar refractivity (Wildman–Crippen MR) is 68.0 cm³/mol. The molecule has 0 amide bonds. The Balaban J connectivity index is 1.75.